The van der Waals surface area contributed by atoms with Crippen LogP contribution in [0.5, 0.6) is 0 Å². The summed E-state index contributed by atoms with van der Waals surface area (Å²) in [6, 6.07) is 0. The van der Waals surface area contributed by atoms with E-state index in [0.29, 0.717) is 31.0 Å². The number of carbonyl (C=O) groups excluding carboxylic acids is 2. The average molecular weight is 282 g/mol. The highest BCUT2D eigenvalue weighted by atomic mass is 16.5. The summed E-state index contributed by atoms with van der Waals surface area (Å²) in [6.45, 7) is 7.02. The van der Waals surface area contributed by atoms with Crippen LogP contribution in [0.1, 0.15) is 46.5 Å². The van der Waals surface area contributed by atoms with E-state index < -0.39 is 0 Å². The Morgan fingerprint density at radius 3 is 2.05 bits per heavy atom. The molecule has 0 aromatic carbocycles. The van der Waals surface area contributed by atoms with Gasteiger partial charge in [0.05, 0.1) is 25.0 Å². The predicted octanol–water partition coefficient (Wildman–Crippen LogP) is 2.80. The van der Waals surface area contributed by atoms with Gasteiger partial charge in [-0.3, -0.25) is 9.59 Å². The van der Waals surface area contributed by atoms with Gasteiger partial charge in [-0.15, -0.1) is 0 Å². The zero-order valence-electron chi connectivity index (χ0n) is 12.8. The van der Waals surface area contributed by atoms with E-state index in [4.69, 9.17) is 9.47 Å². The van der Waals surface area contributed by atoms with E-state index in [0.717, 1.165) is 25.7 Å². The van der Waals surface area contributed by atoms with Crippen LogP contribution in [0.25, 0.3) is 0 Å². The van der Waals surface area contributed by atoms with Gasteiger partial charge in [-0.25, -0.2) is 0 Å². The van der Waals surface area contributed by atoms with Crippen LogP contribution in [0.4, 0.5) is 0 Å². The quantitative estimate of drug-likeness (QED) is 0.703. The van der Waals surface area contributed by atoms with Gasteiger partial charge in [0.1, 0.15) is 0 Å². The molecular weight excluding hydrogens is 256 g/mol. The molecule has 0 spiro atoms. The number of fused-ring (bicyclic) bond motifs is 2. The molecule has 4 nitrogen and oxygen atoms in total. The molecule has 2 rings (SSSR count). The summed E-state index contributed by atoms with van der Waals surface area (Å²) in [6.07, 6.45) is 3.63. The normalized spacial score (nSPS) is 35.0. The van der Waals surface area contributed by atoms with Gasteiger partial charge in [0, 0.05) is 0 Å². The summed E-state index contributed by atoms with van der Waals surface area (Å²) in [4.78, 5) is 24.6. The molecule has 0 N–H and O–H groups in total. The van der Waals surface area contributed by atoms with E-state index in [9.17, 15) is 9.59 Å². The second-order valence-electron chi connectivity index (χ2n) is 6.26. The van der Waals surface area contributed by atoms with E-state index in [1.165, 1.54) is 0 Å². The molecule has 0 amide bonds. The Morgan fingerprint density at radius 1 is 0.950 bits per heavy atom. The fourth-order valence-corrected chi connectivity index (χ4v) is 3.94. The minimum atomic E-state index is -0.278. The highest BCUT2D eigenvalue weighted by molar-refractivity contribution is 5.83. The van der Waals surface area contributed by atoms with E-state index in [2.05, 4.69) is 6.92 Å². The van der Waals surface area contributed by atoms with Gasteiger partial charge in [0.25, 0.3) is 0 Å². The minimum absolute atomic E-state index is 0.190. The van der Waals surface area contributed by atoms with Crippen LogP contribution in [0.2, 0.25) is 0 Å². The van der Waals surface area contributed by atoms with Crippen LogP contribution in [-0.4, -0.2) is 25.2 Å². The molecule has 4 heteroatoms. The molecule has 2 aliphatic carbocycles. The molecule has 5 atom stereocenters. The molecule has 0 aliphatic heterocycles. The highest BCUT2D eigenvalue weighted by Crippen LogP contribution is 2.55. The summed E-state index contributed by atoms with van der Waals surface area (Å²) < 4.78 is 10.6. The predicted molar refractivity (Wildman–Crippen MR) is 74.9 cm³/mol. The fourth-order valence-electron chi connectivity index (χ4n) is 3.94. The molecule has 0 saturated heterocycles. The molecule has 2 aliphatic rings. The van der Waals surface area contributed by atoms with Crippen LogP contribution in [0.15, 0.2) is 0 Å². The van der Waals surface area contributed by atoms with Crippen molar-refractivity contribution >= 4 is 11.9 Å². The van der Waals surface area contributed by atoms with Crippen molar-refractivity contribution in [3.63, 3.8) is 0 Å². The summed E-state index contributed by atoms with van der Waals surface area (Å²) in [5, 5.41) is 0. The summed E-state index contributed by atoms with van der Waals surface area (Å²) in [5.74, 6) is 0.178. The van der Waals surface area contributed by atoms with Crippen molar-refractivity contribution in [1.29, 1.82) is 0 Å². The van der Waals surface area contributed by atoms with E-state index >= 15 is 0 Å². The molecule has 0 radical (unpaired) electrons. The Labute approximate surface area is 121 Å². The first-order valence-corrected chi connectivity index (χ1v) is 7.93. The Kier molecular flexibility index (Phi) is 5.06. The topological polar surface area (TPSA) is 52.6 Å². The molecule has 0 aromatic rings. The maximum Gasteiger partial charge on any atom is 0.310 e. The van der Waals surface area contributed by atoms with E-state index in [-0.39, 0.29) is 23.8 Å². The Morgan fingerprint density at radius 2 is 1.50 bits per heavy atom. The van der Waals surface area contributed by atoms with Gasteiger partial charge in [-0.2, -0.15) is 0 Å². The smallest absolute Gasteiger partial charge is 0.310 e. The Hall–Kier alpha value is -1.06. The van der Waals surface area contributed by atoms with Crippen molar-refractivity contribution in [2.75, 3.05) is 13.2 Å². The third kappa shape index (κ3) is 2.84. The van der Waals surface area contributed by atoms with Gasteiger partial charge in [0.2, 0.25) is 0 Å². The van der Waals surface area contributed by atoms with Crippen LogP contribution >= 0.6 is 0 Å². The van der Waals surface area contributed by atoms with Gasteiger partial charge in [-0.1, -0.05) is 20.8 Å². The Bertz CT molecular complexity index is 365. The van der Waals surface area contributed by atoms with Crippen molar-refractivity contribution in [3.8, 4) is 0 Å². The standard InChI is InChI=1S/C16H26O4/c1-4-6-19-15(17)13-11-8-10(3)12(9-11)14(13)16(18)20-7-5-2/h10-14H,4-9H2,1-3H3. The van der Waals surface area contributed by atoms with Crippen molar-refractivity contribution in [2.24, 2.45) is 29.6 Å². The molecular formula is C16H26O4. The number of carbonyl (C=O) groups is 2. The number of esters is 2. The number of hydrogen-bond acceptors (Lipinski definition) is 4. The minimum Gasteiger partial charge on any atom is -0.465 e. The lowest BCUT2D eigenvalue weighted by Gasteiger charge is -2.31. The molecule has 5 unspecified atom stereocenters. The summed E-state index contributed by atoms with van der Waals surface area (Å²) in [5.41, 5.74) is 0. The van der Waals surface area contributed by atoms with Crippen LogP contribution in [0, 0.1) is 29.6 Å². The van der Waals surface area contributed by atoms with Crippen LogP contribution < -0.4 is 0 Å². The van der Waals surface area contributed by atoms with Gasteiger partial charge >= 0.3 is 11.9 Å². The third-order valence-electron chi connectivity index (χ3n) is 4.78. The average Bonchev–Trinajstić information content (AvgIpc) is 2.98. The number of ether oxygens (including phenoxy) is 2. The van der Waals surface area contributed by atoms with Gasteiger partial charge < -0.3 is 9.47 Å². The lowest BCUT2D eigenvalue weighted by atomic mass is 9.74. The van der Waals surface area contributed by atoms with Crippen molar-refractivity contribution in [1.82, 2.24) is 0 Å². The molecule has 0 aromatic heterocycles. The first kappa shape index (κ1) is 15.3. The number of hydrogen-bond donors (Lipinski definition) is 0. The zero-order valence-corrected chi connectivity index (χ0v) is 12.8. The van der Waals surface area contributed by atoms with Gasteiger partial charge in [0.15, 0.2) is 0 Å². The largest absolute Gasteiger partial charge is 0.465 e. The molecule has 0 heterocycles. The molecule has 114 valence electrons. The monoisotopic (exact) mass is 282 g/mol. The van der Waals surface area contributed by atoms with Gasteiger partial charge in [-0.05, 0) is 43.4 Å². The second-order valence-corrected chi connectivity index (χ2v) is 6.26. The first-order valence-electron chi connectivity index (χ1n) is 7.93. The lowest BCUT2D eigenvalue weighted by molar-refractivity contribution is -0.164. The summed E-state index contributed by atoms with van der Waals surface area (Å²) in [7, 11) is 0. The third-order valence-corrected chi connectivity index (χ3v) is 4.78. The maximum atomic E-state index is 12.3. The maximum absolute atomic E-state index is 12.3. The van der Waals surface area contributed by atoms with Crippen molar-refractivity contribution in [3.05, 3.63) is 0 Å². The van der Waals surface area contributed by atoms with Crippen molar-refractivity contribution in [2.45, 2.75) is 46.5 Å². The number of rotatable bonds is 6. The molecule has 2 fully saturated rings. The molecule has 2 saturated carbocycles. The lowest BCUT2D eigenvalue weighted by Crippen LogP contribution is -2.39. The molecule has 20 heavy (non-hydrogen) atoms. The fraction of sp³-hybridized carbons (Fsp3) is 0.875. The highest BCUT2D eigenvalue weighted by Gasteiger charge is 2.57. The van der Waals surface area contributed by atoms with E-state index in [1.54, 1.807) is 0 Å². The molecule has 2 bridgehead atoms. The van der Waals surface area contributed by atoms with Crippen LogP contribution in [0.3, 0.4) is 0 Å². The second kappa shape index (κ2) is 6.59. The SMILES string of the molecule is CCCOC(=O)C1C2CC(C)C(C2)C1C(=O)OCCC. The van der Waals surface area contributed by atoms with Crippen molar-refractivity contribution < 1.29 is 19.1 Å². The van der Waals surface area contributed by atoms with Crippen LogP contribution in [-0.2, 0) is 19.1 Å². The Balaban J connectivity index is 2.08. The zero-order chi connectivity index (χ0) is 14.7. The first-order chi connectivity index (χ1) is 9.60. The van der Waals surface area contributed by atoms with E-state index in [1.807, 2.05) is 13.8 Å². The summed E-state index contributed by atoms with van der Waals surface area (Å²) >= 11 is 0.